The van der Waals surface area contributed by atoms with Gasteiger partial charge in [-0.1, -0.05) is 41.6 Å². The average Bonchev–Trinajstić information content (AvgIpc) is 3.07. The molecular formula is C20H23N5OS. The third-order valence-electron chi connectivity index (χ3n) is 4.05. The smallest absolute Gasteiger partial charge is 0.230 e. The zero-order chi connectivity index (χ0) is 19.2. The van der Waals surface area contributed by atoms with E-state index in [0.29, 0.717) is 6.54 Å². The van der Waals surface area contributed by atoms with E-state index in [0.717, 1.165) is 34.5 Å². The van der Waals surface area contributed by atoms with Crippen molar-refractivity contribution in [1.29, 1.82) is 0 Å². The highest BCUT2D eigenvalue weighted by molar-refractivity contribution is 7.99. The molecule has 1 amide bonds. The third kappa shape index (κ3) is 4.95. The van der Waals surface area contributed by atoms with E-state index in [1.807, 2.05) is 41.8 Å². The Bertz CT molecular complexity index is 938. The Hall–Kier alpha value is -2.67. The zero-order valence-electron chi connectivity index (χ0n) is 15.8. The van der Waals surface area contributed by atoms with Crippen LogP contribution in [0, 0.1) is 13.8 Å². The third-order valence-corrected chi connectivity index (χ3v) is 5.02. The molecule has 0 saturated heterocycles. The monoisotopic (exact) mass is 381 g/mol. The number of aryl methyl sites for hydroxylation is 2. The number of benzene rings is 1. The van der Waals surface area contributed by atoms with Gasteiger partial charge in [-0.25, -0.2) is 0 Å². The second-order valence-corrected chi connectivity index (χ2v) is 7.20. The maximum atomic E-state index is 12.2. The SMILES string of the molecule is CCn1c(SCC(=O)NCc2cccc(C)n2)nnc1-c1cccc(C)c1. The molecule has 7 heteroatoms. The summed E-state index contributed by atoms with van der Waals surface area (Å²) >= 11 is 1.39. The van der Waals surface area contributed by atoms with Gasteiger partial charge in [0.2, 0.25) is 5.91 Å². The number of aromatic nitrogens is 4. The number of pyridine rings is 1. The lowest BCUT2D eigenvalue weighted by Crippen LogP contribution is -2.25. The molecule has 1 N–H and O–H groups in total. The highest BCUT2D eigenvalue weighted by Gasteiger charge is 2.14. The van der Waals surface area contributed by atoms with Crippen LogP contribution in [0.5, 0.6) is 0 Å². The number of nitrogens with zero attached hydrogens (tertiary/aromatic N) is 4. The number of hydrogen-bond donors (Lipinski definition) is 1. The largest absolute Gasteiger partial charge is 0.350 e. The van der Waals surface area contributed by atoms with E-state index in [1.165, 1.54) is 17.3 Å². The number of rotatable bonds is 7. The Labute approximate surface area is 163 Å². The van der Waals surface area contributed by atoms with Crippen molar-refractivity contribution in [3.63, 3.8) is 0 Å². The van der Waals surface area contributed by atoms with Crippen LogP contribution in [0.2, 0.25) is 0 Å². The van der Waals surface area contributed by atoms with Crippen LogP contribution >= 0.6 is 11.8 Å². The zero-order valence-corrected chi connectivity index (χ0v) is 16.6. The van der Waals surface area contributed by atoms with Gasteiger partial charge in [-0.3, -0.25) is 9.78 Å². The summed E-state index contributed by atoms with van der Waals surface area (Å²) in [6.07, 6.45) is 0. The van der Waals surface area contributed by atoms with Crippen LogP contribution in [0.1, 0.15) is 23.9 Å². The molecule has 3 aromatic rings. The minimum Gasteiger partial charge on any atom is -0.350 e. The number of carbonyl (C=O) groups is 1. The van der Waals surface area contributed by atoms with Crippen LogP contribution < -0.4 is 5.32 Å². The highest BCUT2D eigenvalue weighted by atomic mass is 32.2. The molecule has 3 rings (SSSR count). The number of thioether (sulfide) groups is 1. The van der Waals surface area contributed by atoms with Crippen molar-refractivity contribution in [2.45, 2.75) is 39.0 Å². The van der Waals surface area contributed by atoms with Gasteiger partial charge in [-0.15, -0.1) is 10.2 Å². The van der Waals surface area contributed by atoms with Crippen molar-refractivity contribution in [3.05, 3.63) is 59.4 Å². The number of carbonyl (C=O) groups excluding carboxylic acids is 1. The first-order chi connectivity index (χ1) is 13.1. The molecular weight excluding hydrogens is 358 g/mol. The molecule has 2 aromatic heterocycles. The Morgan fingerprint density at radius 3 is 2.70 bits per heavy atom. The number of amides is 1. The van der Waals surface area contributed by atoms with Gasteiger partial charge in [0.05, 0.1) is 18.0 Å². The van der Waals surface area contributed by atoms with Crippen molar-refractivity contribution in [1.82, 2.24) is 25.1 Å². The van der Waals surface area contributed by atoms with E-state index in [9.17, 15) is 4.79 Å². The summed E-state index contributed by atoms with van der Waals surface area (Å²) in [4.78, 5) is 16.6. The Morgan fingerprint density at radius 2 is 1.96 bits per heavy atom. The average molecular weight is 382 g/mol. The fourth-order valence-corrected chi connectivity index (χ4v) is 3.58. The second kappa shape index (κ2) is 8.81. The van der Waals surface area contributed by atoms with Gasteiger partial charge < -0.3 is 9.88 Å². The summed E-state index contributed by atoms with van der Waals surface area (Å²) < 4.78 is 2.04. The molecule has 27 heavy (non-hydrogen) atoms. The standard InChI is InChI=1S/C20H23N5OS/c1-4-25-19(16-9-5-7-14(2)11-16)23-24-20(25)27-13-18(26)21-12-17-10-6-8-15(3)22-17/h5-11H,4,12-13H2,1-3H3,(H,21,26). The molecule has 0 aliphatic rings. The Balaban J connectivity index is 1.61. The minimum atomic E-state index is -0.0499. The Kier molecular flexibility index (Phi) is 6.24. The molecule has 0 aliphatic carbocycles. The van der Waals surface area contributed by atoms with E-state index < -0.39 is 0 Å². The molecule has 0 atom stereocenters. The van der Waals surface area contributed by atoms with Crippen molar-refractivity contribution in [2.75, 3.05) is 5.75 Å². The van der Waals surface area contributed by atoms with Crippen LogP contribution in [0.4, 0.5) is 0 Å². The first-order valence-electron chi connectivity index (χ1n) is 8.89. The normalized spacial score (nSPS) is 10.8. The van der Waals surface area contributed by atoms with Gasteiger partial charge >= 0.3 is 0 Å². The topological polar surface area (TPSA) is 72.7 Å². The van der Waals surface area contributed by atoms with Crippen molar-refractivity contribution < 1.29 is 4.79 Å². The molecule has 2 heterocycles. The van der Waals surface area contributed by atoms with E-state index in [-0.39, 0.29) is 11.7 Å². The molecule has 0 saturated carbocycles. The summed E-state index contributed by atoms with van der Waals surface area (Å²) in [5, 5.41) is 12.3. The van der Waals surface area contributed by atoms with Crippen LogP contribution in [-0.4, -0.2) is 31.4 Å². The predicted octanol–water partition coefficient (Wildman–Crippen LogP) is 3.39. The van der Waals surface area contributed by atoms with Crippen molar-refractivity contribution >= 4 is 17.7 Å². The van der Waals surface area contributed by atoms with Crippen LogP contribution in [0.3, 0.4) is 0 Å². The summed E-state index contributed by atoms with van der Waals surface area (Å²) in [5.41, 5.74) is 4.00. The molecule has 0 fully saturated rings. The summed E-state index contributed by atoms with van der Waals surface area (Å²) in [6.45, 7) is 7.21. The molecule has 0 unspecified atom stereocenters. The maximum Gasteiger partial charge on any atom is 0.230 e. The first-order valence-corrected chi connectivity index (χ1v) is 9.87. The summed E-state index contributed by atoms with van der Waals surface area (Å²) in [5.74, 6) is 1.07. The van der Waals surface area contributed by atoms with Gasteiger partial charge in [0.25, 0.3) is 0 Å². The maximum absolute atomic E-state index is 12.2. The molecule has 0 aliphatic heterocycles. The van der Waals surface area contributed by atoms with Crippen LogP contribution in [-0.2, 0) is 17.9 Å². The first kappa shape index (κ1) is 19.1. The lowest BCUT2D eigenvalue weighted by molar-refractivity contribution is -0.118. The van der Waals surface area contributed by atoms with E-state index in [1.54, 1.807) is 0 Å². The predicted molar refractivity (Wildman–Crippen MR) is 107 cm³/mol. The van der Waals surface area contributed by atoms with Crippen molar-refractivity contribution in [2.24, 2.45) is 0 Å². The van der Waals surface area contributed by atoms with Gasteiger partial charge in [0.1, 0.15) is 0 Å². The van der Waals surface area contributed by atoms with E-state index in [4.69, 9.17) is 0 Å². The molecule has 6 nitrogen and oxygen atoms in total. The van der Waals surface area contributed by atoms with Gasteiger partial charge in [0.15, 0.2) is 11.0 Å². The Morgan fingerprint density at radius 1 is 1.15 bits per heavy atom. The lowest BCUT2D eigenvalue weighted by atomic mass is 10.1. The molecule has 140 valence electrons. The molecule has 1 aromatic carbocycles. The van der Waals surface area contributed by atoms with Gasteiger partial charge in [0, 0.05) is 17.8 Å². The van der Waals surface area contributed by atoms with Gasteiger partial charge in [-0.05, 0) is 39.0 Å². The second-order valence-electron chi connectivity index (χ2n) is 6.26. The van der Waals surface area contributed by atoms with Crippen molar-refractivity contribution in [3.8, 4) is 11.4 Å². The molecule has 0 radical (unpaired) electrons. The lowest BCUT2D eigenvalue weighted by Gasteiger charge is -2.08. The number of hydrogen-bond acceptors (Lipinski definition) is 5. The quantitative estimate of drug-likeness (QED) is 0.635. The fraction of sp³-hybridized carbons (Fsp3) is 0.300. The summed E-state index contributed by atoms with van der Waals surface area (Å²) in [7, 11) is 0. The van der Waals surface area contributed by atoms with E-state index >= 15 is 0 Å². The van der Waals surface area contributed by atoms with E-state index in [2.05, 4.69) is 46.5 Å². The molecule has 0 spiro atoms. The fourth-order valence-electron chi connectivity index (χ4n) is 2.75. The highest BCUT2D eigenvalue weighted by Crippen LogP contribution is 2.24. The number of nitrogens with one attached hydrogen (secondary N) is 1. The van der Waals surface area contributed by atoms with Gasteiger partial charge in [-0.2, -0.15) is 0 Å². The molecule has 0 bridgehead atoms. The summed E-state index contributed by atoms with van der Waals surface area (Å²) in [6, 6.07) is 14.0. The minimum absolute atomic E-state index is 0.0499. The van der Waals surface area contributed by atoms with Crippen LogP contribution in [0.25, 0.3) is 11.4 Å². The van der Waals surface area contributed by atoms with Crippen LogP contribution in [0.15, 0.2) is 47.6 Å².